The highest BCUT2D eigenvalue weighted by Gasteiger charge is 2.36. The predicted molar refractivity (Wildman–Crippen MR) is 143 cm³/mol. The number of aliphatic hydroxyl groups is 2. The highest BCUT2D eigenvalue weighted by atomic mass is 19.1. The van der Waals surface area contributed by atoms with Gasteiger partial charge in [0.05, 0.1) is 24.6 Å². The number of aromatic nitrogens is 1. The lowest BCUT2D eigenvalue weighted by Crippen LogP contribution is -2.51. The van der Waals surface area contributed by atoms with E-state index in [-0.39, 0.29) is 36.6 Å². The van der Waals surface area contributed by atoms with Crippen LogP contribution in [0, 0.1) is 5.82 Å². The molecule has 0 aliphatic carbocycles. The summed E-state index contributed by atoms with van der Waals surface area (Å²) in [6, 6.07) is 14.9. The minimum Gasteiger partial charge on any atom is -0.493 e. The zero-order valence-electron chi connectivity index (χ0n) is 22.3. The number of Topliss-reactive ketones (excluding diaryl/α,β-unsaturated/α-hetero) is 1. The maximum absolute atomic E-state index is 13.5. The van der Waals surface area contributed by atoms with Crippen molar-refractivity contribution in [3.05, 3.63) is 77.2 Å². The number of aliphatic hydroxyl groups excluding tert-OH is 1. The van der Waals surface area contributed by atoms with Crippen LogP contribution in [0.25, 0.3) is 11.3 Å². The monoisotopic (exact) mass is 522 g/mol. The van der Waals surface area contributed by atoms with Crippen molar-refractivity contribution in [3.63, 3.8) is 0 Å². The number of methoxy groups -OCH3 is 1. The van der Waals surface area contributed by atoms with Gasteiger partial charge in [-0.1, -0.05) is 0 Å². The number of ketones is 1. The second-order valence-corrected chi connectivity index (χ2v) is 10.4. The Morgan fingerprint density at radius 3 is 2.50 bits per heavy atom. The smallest absolute Gasteiger partial charge is 0.163 e. The van der Waals surface area contributed by atoms with E-state index in [1.54, 1.807) is 44.2 Å². The van der Waals surface area contributed by atoms with Gasteiger partial charge >= 0.3 is 0 Å². The Morgan fingerprint density at radius 1 is 1.18 bits per heavy atom. The van der Waals surface area contributed by atoms with Gasteiger partial charge in [0.2, 0.25) is 0 Å². The van der Waals surface area contributed by atoms with Crippen molar-refractivity contribution in [1.29, 1.82) is 0 Å². The van der Waals surface area contributed by atoms with E-state index < -0.39 is 11.7 Å². The Hall–Kier alpha value is -3.33. The van der Waals surface area contributed by atoms with Gasteiger partial charge in [-0.25, -0.2) is 9.37 Å². The number of rotatable bonds is 11. The summed E-state index contributed by atoms with van der Waals surface area (Å²) in [6.07, 6.45) is 0.537. The van der Waals surface area contributed by atoms with Gasteiger partial charge in [-0.2, -0.15) is 0 Å². The van der Waals surface area contributed by atoms with E-state index in [1.807, 2.05) is 12.1 Å². The van der Waals surface area contributed by atoms with Crippen LogP contribution in [-0.4, -0.2) is 47.3 Å². The second-order valence-electron chi connectivity index (χ2n) is 10.4. The molecule has 0 spiro atoms. The second kappa shape index (κ2) is 11.2. The highest BCUT2D eigenvalue weighted by molar-refractivity contribution is 5.96. The van der Waals surface area contributed by atoms with Crippen LogP contribution in [0.5, 0.6) is 11.5 Å². The average Bonchev–Trinajstić information content (AvgIpc) is 2.89. The lowest BCUT2D eigenvalue weighted by Gasteiger charge is -2.41. The molecular formula is C30H35FN2O5. The molecule has 3 aromatic rings. The Bertz CT molecular complexity index is 1290. The number of benzene rings is 2. The number of ether oxygens (including phenoxy) is 2. The van der Waals surface area contributed by atoms with Gasteiger partial charge in [-0.05, 0) is 100 Å². The molecule has 4 rings (SSSR count). The Morgan fingerprint density at radius 2 is 1.89 bits per heavy atom. The van der Waals surface area contributed by atoms with Crippen LogP contribution in [0.2, 0.25) is 0 Å². The summed E-state index contributed by atoms with van der Waals surface area (Å²) in [7, 11) is 1.48. The molecule has 1 fully saturated rings. The predicted octanol–water partition coefficient (Wildman–Crippen LogP) is 4.74. The molecule has 3 atom stereocenters. The van der Waals surface area contributed by atoms with Crippen LogP contribution in [0.1, 0.15) is 61.6 Å². The summed E-state index contributed by atoms with van der Waals surface area (Å²) < 4.78 is 24.4. The summed E-state index contributed by atoms with van der Waals surface area (Å²) >= 11 is 0. The van der Waals surface area contributed by atoms with Crippen LogP contribution >= 0.6 is 0 Å². The number of halogens is 1. The molecule has 0 bridgehead atoms. The number of hydrogen-bond acceptors (Lipinski definition) is 7. The third kappa shape index (κ3) is 6.20. The van der Waals surface area contributed by atoms with Crippen molar-refractivity contribution >= 4 is 5.78 Å². The molecule has 1 aromatic heterocycles. The third-order valence-electron chi connectivity index (χ3n) is 7.10. The van der Waals surface area contributed by atoms with Crippen LogP contribution in [0.3, 0.4) is 0 Å². The summed E-state index contributed by atoms with van der Waals surface area (Å²) in [6.45, 7) is 6.38. The van der Waals surface area contributed by atoms with Gasteiger partial charge in [0.15, 0.2) is 17.3 Å². The normalized spacial score (nSPS) is 19.2. The minimum atomic E-state index is -1.38. The Kier molecular flexibility index (Phi) is 8.16. The van der Waals surface area contributed by atoms with Crippen molar-refractivity contribution < 1.29 is 28.9 Å². The third-order valence-corrected chi connectivity index (χ3v) is 7.10. The van der Waals surface area contributed by atoms with E-state index in [0.29, 0.717) is 28.5 Å². The number of pyridine rings is 1. The van der Waals surface area contributed by atoms with E-state index in [9.17, 15) is 19.4 Å². The number of nitrogens with zero attached hydrogens (tertiary/aromatic N) is 1. The van der Waals surface area contributed by atoms with Gasteiger partial charge in [0, 0.05) is 23.1 Å². The first kappa shape index (κ1) is 27.7. The quantitative estimate of drug-likeness (QED) is 0.313. The van der Waals surface area contributed by atoms with E-state index >= 15 is 0 Å². The summed E-state index contributed by atoms with van der Waals surface area (Å²) in [5, 5.41) is 24.4. The van der Waals surface area contributed by atoms with E-state index in [1.165, 1.54) is 19.2 Å². The Balaban J connectivity index is 1.56. The molecule has 3 N–H and O–H groups in total. The lowest BCUT2D eigenvalue weighted by atomic mass is 9.81. The first-order chi connectivity index (χ1) is 18.0. The molecule has 2 heterocycles. The van der Waals surface area contributed by atoms with E-state index in [0.717, 1.165) is 24.1 Å². The van der Waals surface area contributed by atoms with Gasteiger partial charge in [0.1, 0.15) is 18.0 Å². The molecule has 1 saturated heterocycles. The van der Waals surface area contributed by atoms with Crippen molar-refractivity contribution in [2.75, 3.05) is 20.3 Å². The minimum absolute atomic E-state index is 0.0807. The molecule has 1 aliphatic rings. The van der Waals surface area contributed by atoms with Crippen LogP contribution < -0.4 is 14.8 Å². The fraction of sp³-hybridized carbons (Fsp3) is 0.400. The van der Waals surface area contributed by atoms with Crippen molar-refractivity contribution in [2.24, 2.45) is 0 Å². The van der Waals surface area contributed by atoms with Gasteiger partial charge in [-0.15, -0.1) is 0 Å². The molecule has 0 amide bonds. The van der Waals surface area contributed by atoms with Crippen LogP contribution in [-0.2, 0) is 11.1 Å². The molecule has 0 unspecified atom stereocenters. The molecule has 0 saturated carbocycles. The van der Waals surface area contributed by atoms with Crippen molar-refractivity contribution in [1.82, 2.24) is 10.3 Å². The number of carbonyl (C=O) groups excluding carboxylic acids is 1. The van der Waals surface area contributed by atoms with Crippen LogP contribution in [0.4, 0.5) is 4.39 Å². The molecule has 7 nitrogen and oxygen atoms in total. The first-order valence-electron chi connectivity index (χ1n) is 12.8. The SMILES string of the molecule is COc1cc(C(=O)CC[C@@](C)(O)c2cc([C@]3(C)CCN3)cc(-c3ccc(F)cc3)n2)ccc1OC[C@@H](C)O. The summed E-state index contributed by atoms with van der Waals surface area (Å²) in [4.78, 5) is 17.8. The maximum Gasteiger partial charge on any atom is 0.163 e. The number of nitrogens with one attached hydrogen (secondary N) is 1. The molecular weight excluding hydrogens is 487 g/mol. The highest BCUT2D eigenvalue weighted by Crippen LogP contribution is 2.36. The standard InChI is InChI=1S/C30H35FN2O5/c1-19(34)18-38-26-10-7-21(15-27(26)37-4)25(35)11-12-30(3,36)28-17-22(29(2)13-14-32-29)16-24(33-28)20-5-8-23(31)9-6-20/h5-10,15-17,19,32,34,36H,11-14,18H2,1-4H3/t19-,29+,30-/m1/s1. The summed E-state index contributed by atoms with van der Waals surface area (Å²) in [5.41, 5.74) is 1.62. The van der Waals surface area contributed by atoms with Gasteiger partial charge < -0.3 is 25.0 Å². The van der Waals surface area contributed by atoms with Gasteiger partial charge in [-0.3, -0.25) is 4.79 Å². The molecule has 202 valence electrons. The fourth-order valence-electron chi connectivity index (χ4n) is 4.44. The molecule has 38 heavy (non-hydrogen) atoms. The van der Waals surface area contributed by atoms with E-state index in [2.05, 4.69) is 12.2 Å². The molecule has 8 heteroatoms. The molecule has 2 aromatic carbocycles. The average molecular weight is 523 g/mol. The Labute approximate surface area is 222 Å². The lowest BCUT2D eigenvalue weighted by molar-refractivity contribution is 0.0395. The van der Waals surface area contributed by atoms with Gasteiger partial charge in [0.25, 0.3) is 0 Å². The van der Waals surface area contributed by atoms with Crippen molar-refractivity contribution in [3.8, 4) is 22.8 Å². The zero-order valence-corrected chi connectivity index (χ0v) is 22.3. The van der Waals surface area contributed by atoms with E-state index in [4.69, 9.17) is 14.5 Å². The fourth-order valence-corrected chi connectivity index (χ4v) is 4.44. The molecule has 0 radical (unpaired) electrons. The summed E-state index contributed by atoms with van der Waals surface area (Å²) in [5.74, 6) is 0.336. The van der Waals surface area contributed by atoms with Crippen molar-refractivity contribution in [2.45, 2.75) is 57.3 Å². The van der Waals surface area contributed by atoms with Crippen LogP contribution in [0.15, 0.2) is 54.6 Å². The molecule has 1 aliphatic heterocycles. The largest absolute Gasteiger partial charge is 0.493 e. The number of carbonyl (C=O) groups is 1. The first-order valence-corrected chi connectivity index (χ1v) is 12.8. The topological polar surface area (TPSA) is 101 Å². The number of hydrogen-bond donors (Lipinski definition) is 3. The zero-order chi connectivity index (χ0) is 27.5. The maximum atomic E-state index is 13.5.